The Morgan fingerprint density at radius 2 is 1.58 bits per heavy atom. The molecule has 1 saturated carbocycles. The fraction of sp³-hybridized carbons (Fsp3) is 0.250. The van der Waals surface area contributed by atoms with Gasteiger partial charge in [0.05, 0.1) is 0 Å². The van der Waals surface area contributed by atoms with Crippen LogP contribution < -0.4 is 5.32 Å². The Hall–Kier alpha value is -1.67. The first-order valence-electron chi connectivity index (χ1n) is 6.52. The average Bonchev–Trinajstić information content (AvgIpc) is 2.37. The zero-order valence-electron chi connectivity index (χ0n) is 10.5. The zero-order chi connectivity index (χ0) is 13.2. The second-order valence-electron chi connectivity index (χ2n) is 5.11. The summed E-state index contributed by atoms with van der Waals surface area (Å²) in [4.78, 5) is 0. The van der Waals surface area contributed by atoms with E-state index in [0.29, 0.717) is 17.7 Å². The number of hydrogen-bond acceptors (Lipinski definition) is 2. The van der Waals surface area contributed by atoms with Crippen molar-refractivity contribution in [2.75, 3.05) is 5.32 Å². The Morgan fingerprint density at radius 1 is 0.947 bits per heavy atom. The highest BCUT2D eigenvalue weighted by atomic mass is 35.5. The molecular formula is C16H16ClNO. The van der Waals surface area contributed by atoms with Gasteiger partial charge in [0.2, 0.25) is 0 Å². The lowest BCUT2D eigenvalue weighted by Gasteiger charge is -2.37. The minimum atomic E-state index is 0.304. The maximum absolute atomic E-state index is 9.24. The van der Waals surface area contributed by atoms with E-state index in [1.54, 1.807) is 12.1 Å². The van der Waals surface area contributed by atoms with Crippen LogP contribution in [-0.4, -0.2) is 11.1 Å². The molecule has 1 aliphatic rings. The summed E-state index contributed by atoms with van der Waals surface area (Å²) < 4.78 is 0. The van der Waals surface area contributed by atoms with Crippen molar-refractivity contribution in [2.24, 2.45) is 0 Å². The molecule has 2 N–H and O–H groups in total. The molecule has 0 unspecified atom stereocenters. The van der Waals surface area contributed by atoms with E-state index in [-0.39, 0.29) is 0 Å². The molecule has 0 radical (unpaired) electrons. The molecule has 0 aliphatic heterocycles. The summed E-state index contributed by atoms with van der Waals surface area (Å²) in [6.45, 7) is 0. The summed E-state index contributed by atoms with van der Waals surface area (Å²) in [5, 5.41) is 13.5. The molecule has 1 aliphatic carbocycles. The van der Waals surface area contributed by atoms with Gasteiger partial charge in [-0.15, -0.1) is 0 Å². The number of benzene rings is 2. The van der Waals surface area contributed by atoms with Crippen molar-refractivity contribution in [1.82, 2.24) is 0 Å². The van der Waals surface area contributed by atoms with Gasteiger partial charge in [-0.3, -0.25) is 0 Å². The minimum absolute atomic E-state index is 0.304. The monoisotopic (exact) mass is 273 g/mol. The van der Waals surface area contributed by atoms with Gasteiger partial charge < -0.3 is 10.4 Å². The molecule has 2 aromatic carbocycles. The number of phenols is 1. The van der Waals surface area contributed by atoms with Crippen molar-refractivity contribution >= 4 is 17.3 Å². The SMILES string of the molecule is Oc1ccc(NC2CC(c3ccc(Cl)cc3)C2)cc1. The third-order valence-corrected chi connectivity index (χ3v) is 3.97. The van der Waals surface area contributed by atoms with Crippen LogP contribution in [0.25, 0.3) is 0 Å². The Kier molecular flexibility index (Phi) is 3.34. The smallest absolute Gasteiger partial charge is 0.115 e. The molecule has 0 spiro atoms. The van der Waals surface area contributed by atoms with E-state index in [1.165, 1.54) is 5.56 Å². The first-order chi connectivity index (χ1) is 9.20. The van der Waals surface area contributed by atoms with Gasteiger partial charge in [-0.1, -0.05) is 23.7 Å². The molecular weight excluding hydrogens is 258 g/mol. The number of anilines is 1. The predicted octanol–water partition coefficient (Wildman–Crippen LogP) is 4.40. The first kappa shape index (κ1) is 12.4. The fourth-order valence-electron chi connectivity index (χ4n) is 2.54. The van der Waals surface area contributed by atoms with Crippen LogP contribution in [0.2, 0.25) is 5.02 Å². The fourth-order valence-corrected chi connectivity index (χ4v) is 2.66. The molecule has 98 valence electrons. The van der Waals surface area contributed by atoms with Gasteiger partial charge in [0.25, 0.3) is 0 Å². The van der Waals surface area contributed by atoms with E-state index in [0.717, 1.165) is 23.6 Å². The molecule has 19 heavy (non-hydrogen) atoms. The molecule has 3 heteroatoms. The maximum Gasteiger partial charge on any atom is 0.115 e. The van der Waals surface area contributed by atoms with Crippen LogP contribution in [0.15, 0.2) is 48.5 Å². The minimum Gasteiger partial charge on any atom is -0.508 e. The topological polar surface area (TPSA) is 32.3 Å². The van der Waals surface area contributed by atoms with E-state index in [4.69, 9.17) is 11.6 Å². The summed E-state index contributed by atoms with van der Waals surface area (Å²) in [5.41, 5.74) is 2.44. The largest absolute Gasteiger partial charge is 0.508 e. The van der Waals surface area contributed by atoms with Crippen LogP contribution in [0.4, 0.5) is 5.69 Å². The highest BCUT2D eigenvalue weighted by Crippen LogP contribution is 2.38. The first-order valence-corrected chi connectivity index (χ1v) is 6.89. The standard InChI is InChI=1S/C16H16ClNO/c17-13-3-1-11(2-4-13)12-9-15(10-12)18-14-5-7-16(19)8-6-14/h1-8,12,15,18-19H,9-10H2. The quantitative estimate of drug-likeness (QED) is 0.812. The van der Waals surface area contributed by atoms with Gasteiger partial charge in [0.15, 0.2) is 0 Å². The Morgan fingerprint density at radius 3 is 2.21 bits per heavy atom. The number of phenolic OH excluding ortho intramolecular Hbond substituents is 1. The normalized spacial score (nSPS) is 21.7. The summed E-state index contributed by atoms with van der Waals surface area (Å²) in [6.07, 6.45) is 2.28. The second kappa shape index (κ2) is 5.14. The average molecular weight is 274 g/mol. The van der Waals surface area contributed by atoms with Gasteiger partial charge in [-0.25, -0.2) is 0 Å². The Bertz CT molecular complexity index is 544. The van der Waals surface area contributed by atoms with Crippen LogP contribution in [0.3, 0.4) is 0 Å². The van der Waals surface area contributed by atoms with E-state index in [9.17, 15) is 5.11 Å². The summed E-state index contributed by atoms with van der Waals surface area (Å²) in [5.74, 6) is 0.935. The summed E-state index contributed by atoms with van der Waals surface area (Å²) in [7, 11) is 0. The van der Waals surface area contributed by atoms with Crippen molar-refractivity contribution < 1.29 is 5.11 Å². The lowest BCUT2D eigenvalue weighted by molar-refractivity contribution is 0.374. The number of nitrogens with one attached hydrogen (secondary N) is 1. The van der Waals surface area contributed by atoms with E-state index in [1.807, 2.05) is 24.3 Å². The van der Waals surface area contributed by atoms with Crippen molar-refractivity contribution in [1.29, 1.82) is 0 Å². The maximum atomic E-state index is 9.24. The van der Waals surface area contributed by atoms with Gasteiger partial charge >= 0.3 is 0 Å². The van der Waals surface area contributed by atoms with E-state index < -0.39 is 0 Å². The van der Waals surface area contributed by atoms with Crippen LogP contribution >= 0.6 is 11.6 Å². The molecule has 1 fully saturated rings. The molecule has 2 nitrogen and oxygen atoms in total. The van der Waals surface area contributed by atoms with Crippen molar-refractivity contribution in [3.05, 3.63) is 59.1 Å². The molecule has 0 atom stereocenters. The highest BCUT2D eigenvalue weighted by Gasteiger charge is 2.29. The van der Waals surface area contributed by atoms with Crippen molar-refractivity contribution in [3.63, 3.8) is 0 Å². The summed E-state index contributed by atoms with van der Waals surface area (Å²) in [6, 6.07) is 15.9. The van der Waals surface area contributed by atoms with Gasteiger partial charge in [-0.2, -0.15) is 0 Å². The number of halogens is 1. The van der Waals surface area contributed by atoms with Crippen molar-refractivity contribution in [3.8, 4) is 5.75 Å². The number of hydrogen-bond donors (Lipinski definition) is 2. The molecule has 0 amide bonds. The molecule has 2 aromatic rings. The van der Waals surface area contributed by atoms with Gasteiger partial charge in [0.1, 0.15) is 5.75 Å². The number of aromatic hydroxyl groups is 1. The van der Waals surface area contributed by atoms with Crippen LogP contribution in [-0.2, 0) is 0 Å². The lowest BCUT2D eigenvalue weighted by atomic mass is 9.76. The summed E-state index contributed by atoms with van der Waals surface area (Å²) >= 11 is 5.89. The zero-order valence-corrected chi connectivity index (χ0v) is 11.3. The predicted molar refractivity (Wildman–Crippen MR) is 78.9 cm³/mol. The molecule has 3 rings (SSSR count). The Balaban J connectivity index is 1.55. The molecule has 0 saturated heterocycles. The van der Waals surface area contributed by atoms with Gasteiger partial charge in [-0.05, 0) is 60.7 Å². The molecule has 0 heterocycles. The third kappa shape index (κ3) is 2.85. The van der Waals surface area contributed by atoms with Crippen LogP contribution in [0.5, 0.6) is 5.75 Å². The number of rotatable bonds is 3. The van der Waals surface area contributed by atoms with E-state index in [2.05, 4.69) is 17.4 Å². The Labute approximate surface area is 118 Å². The van der Waals surface area contributed by atoms with Gasteiger partial charge in [0, 0.05) is 16.8 Å². The van der Waals surface area contributed by atoms with Crippen LogP contribution in [0.1, 0.15) is 24.3 Å². The highest BCUT2D eigenvalue weighted by molar-refractivity contribution is 6.30. The molecule has 0 bridgehead atoms. The van der Waals surface area contributed by atoms with Crippen molar-refractivity contribution in [2.45, 2.75) is 24.8 Å². The van der Waals surface area contributed by atoms with Crippen LogP contribution in [0, 0.1) is 0 Å². The third-order valence-electron chi connectivity index (χ3n) is 3.72. The second-order valence-corrected chi connectivity index (χ2v) is 5.54. The van der Waals surface area contributed by atoms with E-state index >= 15 is 0 Å². The molecule has 0 aromatic heterocycles. The lowest BCUT2D eigenvalue weighted by Crippen LogP contribution is -2.33.